The van der Waals surface area contributed by atoms with Gasteiger partial charge in [-0.05, 0) is 13.0 Å². The normalized spacial score (nSPS) is 31.2. The highest BCUT2D eigenvalue weighted by Gasteiger charge is 2.44. The Kier molecular flexibility index (Phi) is 2.39. The molecular weight excluding hydrogens is 178 g/mol. The van der Waals surface area contributed by atoms with Gasteiger partial charge in [-0.25, -0.2) is 4.79 Å². The molecule has 2 fully saturated rings. The number of hydrogen-bond acceptors (Lipinski definition) is 2. The van der Waals surface area contributed by atoms with Crippen molar-refractivity contribution in [2.75, 3.05) is 33.7 Å². The van der Waals surface area contributed by atoms with Gasteiger partial charge in [0.15, 0.2) is 0 Å². The summed E-state index contributed by atoms with van der Waals surface area (Å²) in [7, 11) is 3.65. The Morgan fingerprint density at radius 1 is 1.36 bits per heavy atom. The van der Waals surface area contributed by atoms with Crippen LogP contribution in [0.4, 0.5) is 4.79 Å². The van der Waals surface area contributed by atoms with E-state index in [9.17, 15) is 4.79 Å². The van der Waals surface area contributed by atoms with Gasteiger partial charge < -0.3 is 9.80 Å². The van der Waals surface area contributed by atoms with Crippen LogP contribution in [0.25, 0.3) is 0 Å². The van der Waals surface area contributed by atoms with Crippen molar-refractivity contribution in [1.82, 2.24) is 14.7 Å². The average molecular weight is 197 g/mol. The molecule has 2 aliphatic heterocycles. The summed E-state index contributed by atoms with van der Waals surface area (Å²) in [5, 5.41) is 0. The predicted octanol–water partition coefficient (Wildman–Crippen LogP) is 0.446. The quantitative estimate of drug-likeness (QED) is 0.610. The lowest BCUT2D eigenvalue weighted by Gasteiger charge is -2.34. The Hall–Kier alpha value is -0.770. The number of piperazine rings is 1. The Bertz CT molecular complexity index is 242. The molecular formula is C10H19N3O. The predicted molar refractivity (Wildman–Crippen MR) is 55.2 cm³/mol. The number of likely N-dealkylation sites (N-methyl/N-ethyl adjacent to an activating group) is 1. The highest BCUT2D eigenvalue weighted by Crippen LogP contribution is 2.30. The Morgan fingerprint density at radius 3 is 2.50 bits per heavy atom. The van der Waals surface area contributed by atoms with Crippen LogP contribution in [0.5, 0.6) is 0 Å². The molecule has 80 valence electrons. The highest BCUT2D eigenvalue weighted by molar-refractivity contribution is 5.74. The van der Waals surface area contributed by atoms with Crippen LogP contribution >= 0.6 is 0 Å². The lowest BCUT2D eigenvalue weighted by Crippen LogP contribution is -2.51. The number of fused-ring (bicyclic) bond motifs is 2. The molecule has 4 nitrogen and oxygen atoms in total. The molecule has 2 saturated heterocycles. The minimum atomic E-state index is 0.174. The van der Waals surface area contributed by atoms with E-state index >= 15 is 0 Å². The summed E-state index contributed by atoms with van der Waals surface area (Å²) in [6, 6.07) is 1.26. The van der Waals surface area contributed by atoms with Crippen LogP contribution in [0.15, 0.2) is 0 Å². The van der Waals surface area contributed by atoms with Gasteiger partial charge in [0.25, 0.3) is 0 Å². The zero-order valence-corrected chi connectivity index (χ0v) is 9.23. The van der Waals surface area contributed by atoms with Crippen molar-refractivity contribution < 1.29 is 4.79 Å². The molecule has 2 atom stereocenters. The van der Waals surface area contributed by atoms with Crippen molar-refractivity contribution in [3.8, 4) is 0 Å². The van der Waals surface area contributed by atoms with Crippen molar-refractivity contribution >= 4 is 6.03 Å². The van der Waals surface area contributed by atoms with Gasteiger partial charge in [0.1, 0.15) is 0 Å². The summed E-state index contributed by atoms with van der Waals surface area (Å²) >= 11 is 0. The number of rotatable bonds is 1. The molecule has 2 rings (SSSR count). The van der Waals surface area contributed by atoms with Gasteiger partial charge in [-0.15, -0.1) is 0 Å². The minimum Gasteiger partial charge on any atom is -0.331 e. The third-order valence-electron chi connectivity index (χ3n) is 3.39. The van der Waals surface area contributed by atoms with Crippen LogP contribution < -0.4 is 0 Å². The van der Waals surface area contributed by atoms with Crippen LogP contribution in [0, 0.1) is 0 Å². The van der Waals surface area contributed by atoms with E-state index in [0.29, 0.717) is 12.1 Å². The van der Waals surface area contributed by atoms with Gasteiger partial charge in [-0.2, -0.15) is 0 Å². The van der Waals surface area contributed by atoms with Crippen LogP contribution in [-0.4, -0.2) is 66.5 Å². The van der Waals surface area contributed by atoms with Crippen LogP contribution in [0.2, 0.25) is 0 Å². The molecule has 2 bridgehead atoms. The van der Waals surface area contributed by atoms with E-state index in [-0.39, 0.29) is 6.03 Å². The zero-order chi connectivity index (χ0) is 10.3. The maximum absolute atomic E-state index is 11.8. The standard InChI is InChI=1S/C10H19N3O/c1-4-12-6-9-5-8(12)7-13(9)10(14)11(2)3/h8-9H,4-7H2,1-3H3/t8-,9-/m0/s1. The van der Waals surface area contributed by atoms with Gasteiger partial charge in [0.2, 0.25) is 0 Å². The van der Waals surface area contributed by atoms with Gasteiger partial charge in [0, 0.05) is 39.3 Å². The van der Waals surface area contributed by atoms with Crippen molar-refractivity contribution in [3.05, 3.63) is 0 Å². The maximum atomic E-state index is 11.8. The molecule has 4 heteroatoms. The summed E-state index contributed by atoms with van der Waals surface area (Å²) in [5.74, 6) is 0. The second-order valence-corrected chi connectivity index (χ2v) is 4.46. The second kappa shape index (κ2) is 3.42. The third-order valence-corrected chi connectivity index (χ3v) is 3.39. The molecule has 0 N–H and O–H groups in total. The first-order valence-corrected chi connectivity index (χ1v) is 5.35. The van der Waals surface area contributed by atoms with Crippen molar-refractivity contribution in [3.63, 3.8) is 0 Å². The molecule has 0 saturated carbocycles. The van der Waals surface area contributed by atoms with E-state index in [2.05, 4.69) is 11.8 Å². The topological polar surface area (TPSA) is 26.8 Å². The first-order valence-electron chi connectivity index (χ1n) is 5.35. The SMILES string of the molecule is CCN1C[C@@H]2C[C@H]1CN2C(=O)N(C)C. The molecule has 0 aromatic heterocycles. The van der Waals surface area contributed by atoms with E-state index in [1.54, 1.807) is 4.90 Å². The van der Waals surface area contributed by atoms with Crippen LogP contribution in [0.3, 0.4) is 0 Å². The van der Waals surface area contributed by atoms with Gasteiger partial charge >= 0.3 is 6.03 Å². The number of hydrogen-bond donors (Lipinski definition) is 0. The highest BCUT2D eigenvalue weighted by atomic mass is 16.2. The van der Waals surface area contributed by atoms with Crippen molar-refractivity contribution in [2.45, 2.75) is 25.4 Å². The van der Waals surface area contributed by atoms with Crippen LogP contribution in [-0.2, 0) is 0 Å². The summed E-state index contributed by atoms with van der Waals surface area (Å²) in [6.07, 6.45) is 1.17. The van der Waals surface area contributed by atoms with Crippen LogP contribution in [0.1, 0.15) is 13.3 Å². The van der Waals surface area contributed by atoms with Gasteiger partial charge in [-0.1, -0.05) is 6.92 Å². The number of carbonyl (C=O) groups is 1. The maximum Gasteiger partial charge on any atom is 0.319 e. The molecule has 2 aliphatic rings. The molecule has 2 heterocycles. The van der Waals surface area contributed by atoms with E-state index in [1.807, 2.05) is 19.0 Å². The van der Waals surface area contributed by atoms with Gasteiger partial charge in [-0.3, -0.25) is 4.90 Å². The molecule has 0 unspecified atom stereocenters. The van der Waals surface area contributed by atoms with Crippen molar-refractivity contribution in [1.29, 1.82) is 0 Å². The molecule has 0 aromatic carbocycles. The summed E-state index contributed by atoms with van der Waals surface area (Å²) in [4.78, 5) is 17.9. The smallest absolute Gasteiger partial charge is 0.319 e. The third kappa shape index (κ3) is 1.38. The number of nitrogens with zero attached hydrogens (tertiary/aromatic N) is 3. The van der Waals surface area contributed by atoms with E-state index in [0.717, 1.165) is 19.6 Å². The van der Waals surface area contributed by atoms with Gasteiger partial charge in [0.05, 0.1) is 0 Å². The first-order chi connectivity index (χ1) is 6.63. The van der Waals surface area contributed by atoms with E-state index < -0.39 is 0 Å². The molecule has 0 aromatic rings. The summed E-state index contributed by atoms with van der Waals surface area (Å²) in [6.45, 7) is 5.31. The average Bonchev–Trinajstić information content (AvgIpc) is 2.74. The van der Waals surface area contributed by atoms with E-state index in [4.69, 9.17) is 0 Å². The second-order valence-electron chi connectivity index (χ2n) is 4.46. The monoisotopic (exact) mass is 197 g/mol. The fourth-order valence-electron chi connectivity index (χ4n) is 2.63. The zero-order valence-electron chi connectivity index (χ0n) is 9.23. The van der Waals surface area contributed by atoms with E-state index in [1.165, 1.54) is 6.42 Å². The fourth-order valence-corrected chi connectivity index (χ4v) is 2.63. The molecule has 0 aliphatic carbocycles. The number of likely N-dealkylation sites (tertiary alicyclic amines) is 2. The molecule has 14 heavy (non-hydrogen) atoms. The molecule has 0 radical (unpaired) electrons. The molecule has 2 amide bonds. The Labute approximate surface area is 85.5 Å². The summed E-state index contributed by atoms with van der Waals surface area (Å²) < 4.78 is 0. The summed E-state index contributed by atoms with van der Waals surface area (Å²) in [5.41, 5.74) is 0. The molecule has 0 spiro atoms. The first kappa shape index (κ1) is 9.77. The lowest BCUT2D eigenvalue weighted by molar-refractivity contribution is 0.123. The number of urea groups is 1. The fraction of sp³-hybridized carbons (Fsp3) is 0.900. The largest absolute Gasteiger partial charge is 0.331 e. The lowest BCUT2D eigenvalue weighted by atomic mass is 10.2. The minimum absolute atomic E-state index is 0.174. The Balaban J connectivity index is 1.99. The van der Waals surface area contributed by atoms with Crippen molar-refractivity contribution in [2.24, 2.45) is 0 Å². The number of carbonyl (C=O) groups excluding carboxylic acids is 1. The number of amides is 2. The Morgan fingerprint density at radius 2 is 2.07 bits per heavy atom.